The van der Waals surface area contributed by atoms with Crippen molar-refractivity contribution in [1.82, 2.24) is 0 Å². The van der Waals surface area contributed by atoms with Crippen molar-refractivity contribution in [2.24, 2.45) is 5.92 Å². The molecule has 0 N–H and O–H groups in total. The molecular weight excluding hydrogens is 388 g/mol. The highest BCUT2D eigenvalue weighted by Crippen LogP contribution is 2.30. The Morgan fingerprint density at radius 2 is 1.83 bits per heavy atom. The molecule has 0 aromatic heterocycles. The number of anilines is 1. The van der Waals surface area contributed by atoms with Gasteiger partial charge in [-0.2, -0.15) is 0 Å². The summed E-state index contributed by atoms with van der Waals surface area (Å²) in [5.74, 6) is -2.03. The molecular formula is C22H22N2O6. The minimum atomic E-state index is -0.982. The molecule has 1 saturated heterocycles. The van der Waals surface area contributed by atoms with Crippen molar-refractivity contribution in [1.29, 1.82) is 0 Å². The topological polar surface area (TPSA) is 107 Å². The average molecular weight is 410 g/mol. The van der Waals surface area contributed by atoms with Crippen LogP contribution in [0.2, 0.25) is 0 Å². The molecule has 8 nitrogen and oxygen atoms in total. The van der Waals surface area contributed by atoms with E-state index in [2.05, 4.69) is 0 Å². The predicted molar refractivity (Wildman–Crippen MR) is 109 cm³/mol. The van der Waals surface area contributed by atoms with Crippen LogP contribution < -0.4 is 4.90 Å². The van der Waals surface area contributed by atoms with E-state index in [-0.39, 0.29) is 30.3 Å². The molecule has 1 heterocycles. The first-order valence-electron chi connectivity index (χ1n) is 9.54. The fourth-order valence-corrected chi connectivity index (χ4v) is 3.35. The molecule has 2 atom stereocenters. The molecule has 30 heavy (non-hydrogen) atoms. The van der Waals surface area contributed by atoms with Crippen molar-refractivity contribution in [3.05, 3.63) is 69.3 Å². The van der Waals surface area contributed by atoms with E-state index in [0.29, 0.717) is 16.8 Å². The first-order valence-corrected chi connectivity index (χ1v) is 9.54. The fourth-order valence-electron chi connectivity index (χ4n) is 3.35. The van der Waals surface area contributed by atoms with Crippen LogP contribution >= 0.6 is 0 Å². The van der Waals surface area contributed by atoms with Gasteiger partial charge in [-0.05, 0) is 26.8 Å². The van der Waals surface area contributed by atoms with Crippen molar-refractivity contribution in [3.8, 4) is 0 Å². The largest absolute Gasteiger partial charge is 0.454 e. The maximum absolute atomic E-state index is 12.5. The maximum Gasteiger partial charge on any atom is 0.312 e. The zero-order valence-corrected chi connectivity index (χ0v) is 17.0. The summed E-state index contributed by atoms with van der Waals surface area (Å²) < 4.78 is 5.32. The van der Waals surface area contributed by atoms with Gasteiger partial charge in [0.1, 0.15) is 0 Å². The first-order chi connectivity index (χ1) is 14.2. The lowest BCUT2D eigenvalue weighted by atomic mass is 10.1. The molecule has 1 amide bonds. The monoisotopic (exact) mass is 410 g/mol. The van der Waals surface area contributed by atoms with Gasteiger partial charge in [0.25, 0.3) is 5.69 Å². The quantitative estimate of drug-likeness (QED) is 0.313. The molecule has 1 aliphatic heterocycles. The lowest BCUT2D eigenvalue weighted by Crippen LogP contribution is -2.30. The van der Waals surface area contributed by atoms with Gasteiger partial charge < -0.3 is 9.64 Å². The van der Waals surface area contributed by atoms with Gasteiger partial charge in [-0.25, -0.2) is 0 Å². The Morgan fingerprint density at radius 3 is 2.47 bits per heavy atom. The highest BCUT2D eigenvalue weighted by Gasteiger charge is 2.38. The standard InChI is InChI=1S/C22H22N2O6/c1-13-4-7-16(8-5-13)21(26)15(3)30-22(27)17-10-20(25)23(12-17)18-9-6-14(2)19(11-18)24(28)29/h4-9,11,15,17H,10,12H2,1-3H3/t15-,17-/m1/s1. The zero-order chi connectivity index (χ0) is 22.0. The molecule has 2 aromatic rings. The molecule has 156 valence electrons. The van der Waals surface area contributed by atoms with Gasteiger partial charge in [0.2, 0.25) is 11.7 Å². The molecule has 2 aromatic carbocycles. The van der Waals surface area contributed by atoms with Crippen LogP contribution in [0.3, 0.4) is 0 Å². The van der Waals surface area contributed by atoms with Crippen LogP contribution in [-0.2, 0) is 14.3 Å². The number of ether oxygens (including phenoxy) is 1. The lowest BCUT2D eigenvalue weighted by molar-refractivity contribution is -0.385. The smallest absolute Gasteiger partial charge is 0.312 e. The van der Waals surface area contributed by atoms with Crippen LogP contribution in [0.4, 0.5) is 11.4 Å². The number of carbonyl (C=O) groups is 3. The average Bonchev–Trinajstić information content (AvgIpc) is 3.10. The number of aryl methyl sites for hydroxylation is 2. The first kappa shape index (κ1) is 21.2. The summed E-state index contributed by atoms with van der Waals surface area (Å²) in [5.41, 5.74) is 2.20. The van der Waals surface area contributed by atoms with E-state index in [4.69, 9.17) is 4.74 Å². The molecule has 0 bridgehead atoms. The van der Waals surface area contributed by atoms with Crippen molar-refractivity contribution in [2.45, 2.75) is 33.3 Å². The maximum atomic E-state index is 12.5. The van der Waals surface area contributed by atoms with Gasteiger partial charge in [0.05, 0.1) is 16.5 Å². The third-order valence-corrected chi connectivity index (χ3v) is 5.16. The van der Waals surface area contributed by atoms with E-state index in [9.17, 15) is 24.5 Å². The number of carbonyl (C=O) groups excluding carboxylic acids is 3. The Labute approximate surface area is 173 Å². The Balaban J connectivity index is 1.68. The summed E-state index contributed by atoms with van der Waals surface area (Å²) in [7, 11) is 0. The number of ketones is 1. The molecule has 8 heteroatoms. The van der Waals surface area contributed by atoms with Crippen LogP contribution in [0.15, 0.2) is 42.5 Å². The molecule has 1 fully saturated rings. The Kier molecular flexibility index (Phi) is 5.96. The summed E-state index contributed by atoms with van der Waals surface area (Å²) in [6.07, 6.45) is -1.06. The van der Waals surface area contributed by atoms with E-state index in [1.54, 1.807) is 43.3 Å². The van der Waals surface area contributed by atoms with Gasteiger partial charge >= 0.3 is 5.97 Å². The van der Waals surface area contributed by atoms with E-state index in [1.807, 2.05) is 6.92 Å². The number of amides is 1. The second-order valence-electron chi connectivity index (χ2n) is 7.44. The van der Waals surface area contributed by atoms with E-state index < -0.39 is 22.9 Å². The number of esters is 1. The number of nitro groups is 1. The molecule has 1 aliphatic rings. The third kappa shape index (κ3) is 4.37. The van der Waals surface area contributed by atoms with Crippen molar-refractivity contribution in [2.75, 3.05) is 11.4 Å². The Hall–Kier alpha value is -3.55. The second kappa shape index (κ2) is 8.44. The van der Waals surface area contributed by atoms with Gasteiger partial charge in [-0.1, -0.05) is 35.9 Å². The number of Topliss-reactive ketones (excluding diaryl/α,β-unsaturated/α-hetero) is 1. The van der Waals surface area contributed by atoms with Gasteiger partial charge in [-0.15, -0.1) is 0 Å². The second-order valence-corrected chi connectivity index (χ2v) is 7.44. The minimum absolute atomic E-state index is 0.0450. The summed E-state index contributed by atoms with van der Waals surface area (Å²) in [6.45, 7) is 5.06. The predicted octanol–water partition coefficient (Wildman–Crippen LogP) is 3.38. The lowest BCUT2D eigenvalue weighted by Gasteiger charge is -2.18. The SMILES string of the molecule is Cc1ccc(C(=O)[C@@H](C)OC(=O)[C@@H]2CC(=O)N(c3ccc(C)c([N+](=O)[O-])c3)C2)cc1. The number of benzene rings is 2. The number of nitrogens with zero attached hydrogens (tertiary/aromatic N) is 2. The fraction of sp³-hybridized carbons (Fsp3) is 0.318. The van der Waals surface area contributed by atoms with Crippen LogP contribution in [0.5, 0.6) is 0 Å². The third-order valence-electron chi connectivity index (χ3n) is 5.16. The van der Waals surface area contributed by atoms with E-state index in [1.165, 1.54) is 17.9 Å². The number of rotatable bonds is 6. The molecule has 0 saturated carbocycles. The van der Waals surface area contributed by atoms with Crippen molar-refractivity contribution < 1.29 is 24.0 Å². The van der Waals surface area contributed by atoms with Crippen molar-refractivity contribution in [3.63, 3.8) is 0 Å². The van der Waals surface area contributed by atoms with E-state index in [0.717, 1.165) is 5.56 Å². The molecule has 0 unspecified atom stereocenters. The van der Waals surface area contributed by atoms with Gasteiger partial charge in [0.15, 0.2) is 6.10 Å². The zero-order valence-electron chi connectivity index (χ0n) is 17.0. The summed E-state index contributed by atoms with van der Waals surface area (Å²) in [6, 6.07) is 11.4. The van der Waals surface area contributed by atoms with Gasteiger partial charge in [0, 0.05) is 30.2 Å². The normalized spacial score (nSPS) is 17.0. The number of hydrogen-bond acceptors (Lipinski definition) is 6. The minimum Gasteiger partial charge on any atom is -0.454 e. The number of hydrogen-bond donors (Lipinski definition) is 0. The molecule has 3 rings (SSSR count). The molecule has 0 radical (unpaired) electrons. The van der Waals surface area contributed by atoms with Crippen LogP contribution in [0.1, 0.15) is 34.8 Å². The molecule has 0 spiro atoms. The Morgan fingerprint density at radius 1 is 1.17 bits per heavy atom. The summed E-state index contributed by atoms with van der Waals surface area (Å²) in [4.78, 5) is 49.4. The molecule has 0 aliphatic carbocycles. The number of nitro benzene ring substituents is 1. The summed E-state index contributed by atoms with van der Waals surface area (Å²) in [5, 5.41) is 11.2. The van der Waals surface area contributed by atoms with Gasteiger partial charge in [-0.3, -0.25) is 24.5 Å². The highest BCUT2D eigenvalue weighted by atomic mass is 16.6. The Bertz CT molecular complexity index is 1010. The van der Waals surface area contributed by atoms with Crippen LogP contribution in [0.25, 0.3) is 0 Å². The van der Waals surface area contributed by atoms with Crippen molar-refractivity contribution >= 4 is 29.0 Å². The van der Waals surface area contributed by atoms with E-state index >= 15 is 0 Å². The van der Waals surface area contributed by atoms with Crippen LogP contribution in [-0.4, -0.2) is 35.2 Å². The highest BCUT2D eigenvalue weighted by molar-refractivity contribution is 6.02. The summed E-state index contributed by atoms with van der Waals surface area (Å²) >= 11 is 0. The van der Waals surface area contributed by atoms with Crippen LogP contribution in [0, 0.1) is 29.9 Å².